The molecule has 1 heterocycles. The van der Waals surface area contributed by atoms with Crippen LogP contribution in [0.4, 0.5) is 0 Å². The third kappa shape index (κ3) is 3.41. The molecule has 0 unspecified atom stereocenters. The van der Waals surface area contributed by atoms with Gasteiger partial charge in [0, 0.05) is 43.5 Å². The molecule has 3 rings (SSSR count). The molecule has 24 heavy (non-hydrogen) atoms. The van der Waals surface area contributed by atoms with Gasteiger partial charge in [-0.3, -0.25) is 4.98 Å². The van der Waals surface area contributed by atoms with Crippen LogP contribution in [0.25, 0.3) is 21.9 Å². The highest BCUT2D eigenvalue weighted by Gasteiger charge is 2.13. The molecule has 0 radical (unpaired) electrons. The molecule has 1 aromatic heterocycles. The Hall–Kier alpha value is -2.39. The van der Waals surface area contributed by atoms with Crippen LogP contribution in [0.1, 0.15) is 18.9 Å². The van der Waals surface area contributed by atoms with Crippen molar-refractivity contribution >= 4 is 10.8 Å². The minimum atomic E-state index is 0.660. The molecule has 124 valence electrons. The van der Waals surface area contributed by atoms with Gasteiger partial charge in [0.05, 0.1) is 6.61 Å². The van der Waals surface area contributed by atoms with E-state index in [0.29, 0.717) is 13.2 Å². The summed E-state index contributed by atoms with van der Waals surface area (Å²) < 4.78 is 11.2. The van der Waals surface area contributed by atoms with Crippen LogP contribution in [-0.2, 0) is 11.2 Å². The van der Waals surface area contributed by atoms with Gasteiger partial charge in [-0.15, -0.1) is 0 Å². The molecule has 3 heteroatoms. The second kappa shape index (κ2) is 7.93. The summed E-state index contributed by atoms with van der Waals surface area (Å²) in [6.07, 6.45) is 5.57. The molecule has 0 aliphatic rings. The van der Waals surface area contributed by atoms with Gasteiger partial charge in [-0.1, -0.05) is 37.3 Å². The SMILES string of the molecule is CCc1cc(OCCCOC)c2ccccc2c1-c1cccnc1. The van der Waals surface area contributed by atoms with Crippen molar-refractivity contribution in [1.29, 1.82) is 0 Å². The van der Waals surface area contributed by atoms with Crippen molar-refractivity contribution in [3.05, 3.63) is 60.4 Å². The van der Waals surface area contributed by atoms with Gasteiger partial charge in [-0.05, 0) is 35.1 Å². The van der Waals surface area contributed by atoms with Crippen molar-refractivity contribution in [2.24, 2.45) is 0 Å². The predicted molar refractivity (Wildman–Crippen MR) is 98.5 cm³/mol. The maximum Gasteiger partial charge on any atom is 0.127 e. The highest BCUT2D eigenvalue weighted by atomic mass is 16.5. The third-order valence-electron chi connectivity index (χ3n) is 4.17. The minimum absolute atomic E-state index is 0.660. The zero-order valence-corrected chi connectivity index (χ0v) is 14.3. The summed E-state index contributed by atoms with van der Waals surface area (Å²) in [7, 11) is 1.72. The first-order chi connectivity index (χ1) is 11.8. The van der Waals surface area contributed by atoms with Crippen molar-refractivity contribution in [3.8, 4) is 16.9 Å². The smallest absolute Gasteiger partial charge is 0.127 e. The number of aromatic nitrogens is 1. The summed E-state index contributed by atoms with van der Waals surface area (Å²) >= 11 is 0. The molecular weight excluding hydrogens is 298 g/mol. The van der Waals surface area contributed by atoms with Crippen LogP contribution in [0.5, 0.6) is 5.75 Å². The lowest BCUT2D eigenvalue weighted by molar-refractivity contribution is 0.172. The zero-order valence-electron chi connectivity index (χ0n) is 14.3. The van der Waals surface area contributed by atoms with E-state index in [9.17, 15) is 0 Å². The van der Waals surface area contributed by atoms with Gasteiger partial charge in [0.25, 0.3) is 0 Å². The summed E-state index contributed by atoms with van der Waals surface area (Å²) in [6.45, 7) is 3.55. The quantitative estimate of drug-likeness (QED) is 0.581. The Balaban J connectivity index is 2.09. The number of methoxy groups -OCH3 is 1. The topological polar surface area (TPSA) is 31.4 Å². The first kappa shape index (κ1) is 16.5. The van der Waals surface area contributed by atoms with Crippen LogP contribution in [0.15, 0.2) is 54.9 Å². The Kier molecular flexibility index (Phi) is 5.44. The maximum absolute atomic E-state index is 6.06. The standard InChI is InChI=1S/C21H23NO2/c1-3-16-14-20(24-13-7-12-23-2)18-9-4-5-10-19(18)21(16)17-8-6-11-22-15-17/h4-6,8-11,14-15H,3,7,12-13H2,1-2H3. The van der Waals surface area contributed by atoms with E-state index in [1.54, 1.807) is 7.11 Å². The number of hydrogen-bond acceptors (Lipinski definition) is 3. The molecule has 3 aromatic rings. The summed E-state index contributed by atoms with van der Waals surface area (Å²) in [6, 6.07) is 14.7. The molecule has 0 aliphatic heterocycles. The summed E-state index contributed by atoms with van der Waals surface area (Å²) in [4.78, 5) is 4.29. The highest BCUT2D eigenvalue weighted by Crippen LogP contribution is 2.37. The van der Waals surface area contributed by atoms with Crippen LogP contribution in [0.2, 0.25) is 0 Å². The fourth-order valence-corrected chi connectivity index (χ4v) is 3.03. The Morgan fingerprint density at radius 3 is 2.54 bits per heavy atom. The monoisotopic (exact) mass is 321 g/mol. The molecule has 0 spiro atoms. The van der Waals surface area contributed by atoms with E-state index in [4.69, 9.17) is 9.47 Å². The van der Waals surface area contributed by atoms with E-state index in [-0.39, 0.29) is 0 Å². The van der Waals surface area contributed by atoms with Gasteiger partial charge in [-0.25, -0.2) is 0 Å². The van der Waals surface area contributed by atoms with Gasteiger partial charge in [0.2, 0.25) is 0 Å². The first-order valence-electron chi connectivity index (χ1n) is 8.42. The van der Waals surface area contributed by atoms with Gasteiger partial charge < -0.3 is 9.47 Å². The number of rotatable bonds is 7. The van der Waals surface area contributed by atoms with E-state index in [0.717, 1.165) is 29.5 Å². The molecule has 0 saturated heterocycles. The van der Waals surface area contributed by atoms with Crippen molar-refractivity contribution in [2.75, 3.05) is 20.3 Å². The van der Waals surface area contributed by atoms with Crippen LogP contribution in [-0.4, -0.2) is 25.3 Å². The number of benzene rings is 2. The van der Waals surface area contributed by atoms with Gasteiger partial charge in [-0.2, -0.15) is 0 Å². The lowest BCUT2D eigenvalue weighted by Gasteiger charge is -2.17. The van der Waals surface area contributed by atoms with E-state index < -0.39 is 0 Å². The molecule has 0 N–H and O–H groups in total. The highest BCUT2D eigenvalue weighted by molar-refractivity contribution is 6.01. The second-order valence-electron chi connectivity index (χ2n) is 5.74. The first-order valence-corrected chi connectivity index (χ1v) is 8.42. The van der Waals surface area contributed by atoms with Crippen LogP contribution in [0.3, 0.4) is 0 Å². The number of fused-ring (bicyclic) bond motifs is 1. The minimum Gasteiger partial charge on any atom is -0.493 e. The summed E-state index contributed by atoms with van der Waals surface area (Å²) in [5.74, 6) is 0.950. The largest absolute Gasteiger partial charge is 0.493 e. The van der Waals surface area contributed by atoms with Gasteiger partial charge in [0.15, 0.2) is 0 Å². The average molecular weight is 321 g/mol. The number of pyridine rings is 1. The molecule has 0 atom stereocenters. The van der Waals surface area contributed by atoms with E-state index >= 15 is 0 Å². The molecule has 3 nitrogen and oxygen atoms in total. The molecule has 0 amide bonds. The number of hydrogen-bond donors (Lipinski definition) is 0. The van der Waals surface area contributed by atoms with E-state index in [2.05, 4.69) is 48.3 Å². The van der Waals surface area contributed by atoms with Gasteiger partial charge in [0.1, 0.15) is 5.75 Å². The van der Waals surface area contributed by atoms with Crippen LogP contribution < -0.4 is 4.74 Å². The molecule has 0 bridgehead atoms. The van der Waals surface area contributed by atoms with Crippen molar-refractivity contribution in [1.82, 2.24) is 4.98 Å². The molecule has 0 saturated carbocycles. The van der Waals surface area contributed by atoms with Crippen LogP contribution in [0, 0.1) is 0 Å². The molecule has 2 aromatic carbocycles. The average Bonchev–Trinajstić information content (AvgIpc) is 2.65. The zero-order chi connectivity index (χ0) is 16.8. The van der Waals surface area contributed by atoms with E-state index in [1.807, 2.05) is 18.5 Å². The second-order valence-corrected chi connectivity index (χ2v) is 5.74. The van der Waals surface area contributed by atoms with Crippen molar-refractivity contribution < 1.29 is 9.47 Å². The number of ether oxygens (including phenoxy) is 2. The Bertz CT molecular complexity index is 800. The van der Waals surface area contributed by atoms with Crippen molar-refractivity contribution in [3.63, 3.8) is 0 Å². The number of aryl methyl sites for hydroxylation is 1. The van der Waals surface area contributed by atoms with E-state index in [1.165, 1.54) is 16.5 Å². The Morgan fingerprint density at radius 1 is 1.00 bits per heavy atom. The van der Waals surface area contributed by atoms with Crippen molar-refractivity contribution in [2.45, 2.75) is 19.8 Å². The fourth-order valence-electron chi connectivity index (χ4n) is 3.03. The fraction of sp³-hybridized carbons (Fsp3) is 0.286. The molecular formula is C21H23NO2. The number of nitrogens with zero attached hydrogens (tertiary/aromatic N) is 1. The Labute approximate surface area is 143 Å². The molecule has 0 fully saturated rings. The summed E-state index contributed by atoms with van der Waals surface area (Å²) in [5.41, 5.74) is 3.69. The summed E-state index contributed by atoms with van der Waals surface area (Å²) in [5, 5.41) is 2.36. The predicted octanol–water partition coefficient (Wildman–Crippen LogP) is 4.88. The molecule has 0 aliphatic carbocycles. The van der Waals surface area contributed by atoms with Crippen LogP contribution >= 0.6 is 0 Å². The Morgan fingerprint density at radius 2 is 1.83 bits per heavy atom. The lowest BCUT2D eigenvalue weighted by atomic mass is 9.92. The maximum atomic E-state index is 6.06. The van der Waals surface area contributed by atoms with Gasteiger partial charge >= 0.3 is 0 Å². The lowest BCUT2D eigenvalue weighted by Crippen LogP contribution is -2.03. The normalized spacial score (nSPS) is 10.9. The third-order valence-corrected chi connectivity index (χ3v) is 4.17.